The summed E-state index contributed by atoms with van der Waals surface area (Å²) in [6.07, 6.45) is 0.988. The second-order valence-corrected chi connectivity index (χ2v) is 11.4. The first-order valence-corrected chi connectivity index (χ1v) is 14.5. The average Bonchev–Trinajstić information content (AvgIpc) is 2.89. The molecule has 3 aromatic rings. The predicted octanol–water partition coefficient (Wildman–Crippen LogP) is 6.84. The highest BCUT2D eigenvalue weighted by Gasteiger charge is 2.30. The first-order chi connectivity index (χ1) is 18.3. The Bertz CT molecular complexity index is 1220. The first-order valence-electron chi connectivity index (χ1n) is 13.2. The van der Waals surface area contributed by atoms with Crippen LogP contribution in [0.4, 0.5) is 0 Å². The molecule has 0 aromatic heterocycles. The summed E-state index contributed by atoms with van der Waals surface area (Å²) in [4.78, 5) is 13.6. The van der Waals surface area contributed by atoms with Crippen molar-refractivity contribution >= 4 is 29.3 Å². The van der Waals surface area contributed by atoms with E-state index in [1.54, 1.807) is 11.8 Å². The highest BCUT2D eigenvalue weighted by atomic mass is 35.5. The molecule has 1 aliphatic heterocycles. The molecule has 1 aliphatic rings. The summed E-state index contributed by atoms with van der Waals surface area (Å²) in [5, 5.41) is 14.4. The number of nitrogens with one attached hydrogen (secondary N) is 1. The van der Waals surface area contributed by atoms with E-state index in [4.69, 9.17) is 21.1 Å². The lowest BCUT2D eigenvalue weighted by Crippen LogP contribution is -2.33. The summed E-state index contributed by atoms with van der Waals surface area (Å²) in [5.41, 5.74) is 3.84. The normalized spacial score (nSPS) is 19.4. The van der Waals surface area contributed by atoms with Crippen molar-refractivity contribution in [1.82, 2.24) is 5.32 Å². The zero-order valence-electron chi connectivity index (χ0n) is 22.2. The molecule has 1 fully saturated rings. The van der Waals surface area contributed by atoms with Crippen LogP contribution >= 0.6 is 23.4 Å². The molecule has 5 nitrogen and oxygen atoms in total. The first kappa shape index (κ1) is 28.5. The van der Waals surface area contributed by atoms with Gasteiger partial charge in [-0.15, -0.1) is 11.8 Å². The van der Waals surface area contributed by atoms with Crippen molar-refractivity contribution in [3.8, 4) is 5.75 Å². The third kappa shape index (κ3) is 7.76. The van der Waals surface area contributed by atoms with E-state index in [-0.39, 0.29) is 24.2 Å². The molecular formula is C31H36ClNO4S. The van der Waals surface area contributed by atoms with E-state index in [2.05, 4.69) is 23.5 Å². The smallest absolute Gasteiger partial charge is 0.252 e. The van der Waals surface area contributed by atoms with Crippen LogP contribution in [0, 0.1) is 0 Å². The van der Waals surface area contributed by atoms with Gasteiger partial charge in [0.2, 0.25) is 0 Å². The molecule has 2 N–H and O–H groups in total. The summed E-state index contributed by atoms with van der Waals surface area (Å²) >= 11 is 8.15. The number of thioether (sulfide) groups is 1. The van der Waals surface area contributed by atoms with Crippen molar-refractivity contribution in [3.63, 3.8) is 0 Å². The summed E-state index contributed by atoms with van der Waals surface area (Å²) in [6, 6.07) is 21.8. The molecule has 3 aromatic carbocycles. The standard InChI is InChI=1S/C31H36ClNO4S/c1-4-36-25-12-9-21(10-13-25)15-23-16-22(11-14-28(23)32)29-18-24(34)17-26(37-29)19-38-30-8-6-5-7-27(30)31(35)33-20(2)3/h5-14,16,20,24,26,29,34H,4,15,17-19H2,1-3H3,(H,33,35). The van der Waals surface area contributed by atoms with E-state index in [1.165, 1.54) is 0 Å². The van der Waals surface area contributed by atoms with Gasteiger partial charge in [-0.2, -0.15) is 0 Å². The summed E-state index contributed by atoms with van der Waals surface area (Å²) in [7, 11) is 0. The third-order valence-corrected chi connectivity index (χ3v) is 8.00. The molecule has 0 saturated carbocycles. The van der Waals surface area contributed by atoms with Gasteiger partial charge < -0.3 is 19.9 Å². The zero-order chi connectivity index (χ0) is 27.1. The lowest BCUT2D eigenvalue weighted by Gasteiger charge is -2.33. The number of halogens is 1. The van der Waals surface area contributed by atoms with Gasteiger partial charge in [-0.1, -0.05) is 48.0 Å². The number of aliphatic hydroxyl groups excluding tert-OH is 1. The number of hydrogen-bond acceptors (Lipinski definition) is 5. The van der Waals surface area contributed by atoms with Crippen LogP contribution in [0.5, 0.6) is 5.75 Å². The number of ether oxygens (including phenoxy) is 2. The molecule has 38 heavy (non-hydrogen) atoms. The van der Waals surface area contributed by atoms with Crippen LogP contribution in [0.25, 0.3) is 0 Å². The van der Waals surface area contributed by atoms with E-state index < -0.39 is 6.10 Å². The molecule has 202 valence electrons. The molecule has 4 rings (SSSR count). The van der Waals surface area contributed by atoms with Gasteiger partial charge in [0.05, 0.1) is 30.5 Å². The van der Waals surface area contributed by atoms with Crippen molar-refractivity contribution in [2.75, 3.05) is 12.4 Å². The van der Waals surface area contributed by atoms with Gasteiger partial charge in [0, 0.05) is 34.6 Å². The zero-order valence-corrected chi connectivity index (χ0v) is 23.7. The second-order valence-electron chi connectivity index (χ2n) is 9.91. The Morgan fingerprint density at radius 1 is 1.13 bits per heavy atom. The average molecular weight is 554 g/mol. The van der Waals surface area contributed by atoms with Crippen LogP contribution in [-0.2, 0) is 11.2 Å². The maximum Gasteiger partial charge on any atom is 0.252 e. The van der Waals surface area contributed by atoms with Gasteiger partial charge in [0.25, 0.3) is 5.91 Å². The monoisotopic (exact) mass is 553 g/mol. The van der Waals surface area contributed by atoms with Crippen LogP contribution in [0.1, 0.15) is 66.8 Å². The number of benzene rings is 3. The van der Waals surface area contributed by atoms with Crippen LogP contribution in [0.15, 0.2) is 71.6 Å². The third-order valence-electron chi connectivity index (χ3n) is 6.42. The fourth-order valence-electron chi connectivity index (χ4n) is 4.64. The van der Waals surface area contributed by atoms with Crippen LogP contribution in [0.2, 0.25) is 5.02 Å². The van der Waals surface area contributed by atoms with Gasteiger partial charge in [-0.25, -0.2) is 0 Å². The quantitative estimate of drug-likeness (QED) is 0.269. The van der Waals surface area contributed by atoms with Crippen molar-refractivity contribution in [2.24, 2.45) is 0 Å². The van der Waals surface area contributed by atoms with E-state index in [1.807, 2.05) is 69.3 Å². The van der Waals surface area contributed by atoms with Gasteiger partial charge >= 0.3 is 0 Å². The van der Waals surface area contributed by atoms with Gasteiger partial charge in [0.1, 0.15) is 5.75 Å². The largest absolute Gasteiger partial charge is 0.494 e. The van der Waals surface area contributed by atoms with Gasteiger partial charge in [-0.05, 0) is 74.2 Å². The van der Waals surface area contributed by atoms with E-state index >= 15 is 0 Å². The van der Waals surface area contributed by atoms with Crippen LogP contribution in [-0.4, -0.2) is 41.6 Å². The fourth-order valence-corrected chi connectivity index (χ4v) is 5.89. The molecule has 1 heterocycles. The molecule has 3 unspecified atom stereocenters. The SMILES string of the molecule is CCOc1ccc(Cc2cc(C3CC(O)CC(CSc4ccccc4C(=O)NC(C)C)O3)ccc2Cl)cc1. The Balaban J connectivity index is 1.43. The lowest BCUT2D eigenvalue weighted by atomic mass is 9.94. The lowest BCUT2D eigenvalue weighted by molar-refractivity contribution is -0.0875. The number of carbonyl (C=O) groups is 1. The second kappa shape index (κ2) is 13.5. The molecule has 3 atom stereocenters. The Morgan fingerprint density at radius 2 is 1.89 bits per heavy atom. The molecule has 0 aliphatic carbocycles. The minimum absolute atomic E-state index is 0.0665. The van der Waals surface area contributed by atoms with Crippen molar-refractivity contribution in [3.05, 3.63) is 94.0 Å². The van der Waals surface area contributed by atoms with Crippen molar-refractivity contribution in [1.29, 1.82) is 0 Å². The number of amides is 1. The number of hydrogen-bond donors (Lipinski definition) is 2. The van der Waals surface area contributed by atoms with E-state index in [0.717, 1.165) is 27.3 Å². The summed E-state index contributed by atoms with van der Waals surface area (Å²) < 4.78 is 12.0. The predicted molar refractivity (Wildman–Crippen MR) is 154 cm³/mol. The van der Waals surface area contributed by atoms with Crippen molar-refractivity contribution in [2.45, 2.75) is 69.3 Å². The summed E-state index contributed by atoms with van der Waals surface area (Å²) in [6.45, 7) is 6.51. The molecule has 1 amide bonds. The van der Waals surface area contributed by atoms with E-state index in [9.17, 15) is 9.90 Å². The molecular weight excluding hydrogens is 518 g/mol. The number of rotatable bonds is 10. The molecule has 1 saturated heterocycles. The van der Waals surface area contributed by atoms with Crippen LogP contribution in [0.3, 0.4) is 0 Å². The van der Waals surface area contributed by atoms with Crippen LogP contribution < -0.4 is 10.1 Å². The topological polar surface area (TPSA) is 67.8 Å². The van der Waals surface area contributed by atoms with Gasteiger partial charge in [0.15, 0.2) is 0 Å². The maximum atomic E-state index is 12.6. The van der Waals surface area contributed by atoms with Crippen molar-refractivity contribution < 1.29 is 19.4 Å². The maximum absolute atomic E-state index is 12.6. The Hall–Kier alpha value is -2.51. The van der Waals surface area contributed by atoms with E-state index in [0.29, 0.717) is 42.2 Å². The Morgan fingerprint density at radius 3 is 2.63 bits per heavy atom. The fraction of sp³-hybridized carbons (Fsp3) is 0.387. The Kier molecular flexibility index (Phi) is 10.1. The van der Waals surface area contributed by atoms with Gasteiger partial charge in [-0.3, -0.25) is 4.79 Å². The molecule has 0 bridgehead atoms. The number of aliphatic hydroxyl groups is 1. The Labute approximate surface area is 234 Å². The minimum Gasteiger partial charge on any atom is -0.494 e. The molecule has 7 heteroatoms. The highest BCUT2D eigenvalue weighted by Crippen LogP contribution is 2.36. The highest BCUT2D eigenvalue weighted by molar-refractivity contribution is 7.99. The summed E-state index contributed by atoms with van der Waals surface area (Å²) in [5.74, 6) is 1.42. The molecule has 0 spiro atoms. The molecule has 0 radical (unpaired) electrons. The number of carbonyl (C=O) groups excluding carboxylic acids is 1. The minimum atomic E-state index is -0.455.